The Morgan fingerprint density at radius 2 is 1.72 bits per heavy atom. The van der Waals surface area contributed by atoms with E-state index in [-0.39, 0.29) is 5.91 Å². The molecular weight excluding hydrogens is 470 g/mol. The fraction of sp³-hybridized carbons (Fsp3) is 0.414. The summed E-state index contributed by atoms with van der Waals surface area (Å²) < 4.78 is 10.8. The van der Waals surface area contributed by atoms with Crippen LogP contribution in [0, 0.1) is 0 Å². The van der Waals surface area contributed by atoms with Gasteiger partial charge < -0.3 is 25.0 Å². The van der Waals surface area contributed by atoms with Gasteiger partial charge in [0.2, 0.25) is 0 Å². The van der Waals surface area contributed by atoms with Crippen LogP contribution in [0.25, 0.3) is 0 Å². The number of methoxy groups -OCH3 is 2. The third-order valence-corrected chi connectivity index (χ3v) is 8.07. The van der Waals surface area contributed by atoms with Crippen molar-refractivity contribution in [3.63, 3.8) is 0 Å². The van der Waals surface area contributed by atoms with Gasteiger partial charge in [0.15, 0.2) is 0 Å². The summed E-state index contributed by atoms with van der Waals surface area (Å²) in [5.74, 6) is 1.16. The molecule has 1 aromatic heterocycles. The Balaban J connectivity index is 1.57. The molecule has 0 aliphatic heterocycles. The van der Waals surface area contributed by atoms with E-state index in [0.29, 0.717) is 23.7 Å². The van der Waals surface area contributed by atoms with Crippen LogP contribution in [0.5, 0.6) is 11.5 Å². The monoisotopic (exact) mass is 507 g/mol. The number of ether oxygens (including phenoxy) is 2. The van der Waals surface area contributed by atoms with Gasteiger partial charge >= 0.3 is 0 Å². The van der Waals surface area contributed by atoms with E-state index in [1.54, 1.807) is 31.6 Å². The van der Waals surface area contributed by atoms with Crippen LogP contribution in [0.15, 0.2) is 42.5 Å². The first-order valence-corrected chi connectivity index (χ1v) is 13.6. The van der Waals surface area contributed by atoms with Crippen molar-refractivity contribution in [2.24, 2.45) is 0 Å². The predicted molar refractivity (Wildman–Crippen MR) is 150 cm³/mol. The highest BCUT2D eigenvalue weighted by atomic mass is 32.1. The van der Waals surface area contributed by atoms with E-state index in [0.717, 1.165) is 42.9 Å². The fourth-order valence-electron chi connectivity index (χ4n) is 4.79. The van der Waals surface area contributed by atoms with Gasteiger partial charge in [-0.3, -0.25) is 4.79 Å². The molecule has 0 bridgehead atoms. The average Bonchev–Trinajstić information content (AvgIpc) is 3.10. The highest BCUT2D eigenvalue weighted by Crippen LogP contribution is 2.39. The highest BCUT2D eigenvalue weighted by Gasteiger charge is 2.25. The minimum absolute atomic E-state index is 0.0998. The number of rotatable bonds is 10. The molecule has 4 rings (SSSR count). The van der Waals surface area contributed by atoms with Gasteiger partial charge in [-0.25, -0.2) is 0 Å². The summed E-state index contributed by atoms with van der Waals surface area (Å²) in [4.78, 5) is 17.3. The van der Waals surface area contributed by atoms with Crippen LogP contribution in [-0.2, 0) is 19.4 Å². The molecule has 192 valence electrons. The molecule has 1 aliphatic carbocycles. The molecule has 0 fully saturated rings. The van der Waals surface area contributed by atoms with Crippen molar-refractivity contribution in [3.05, 3.63) is 64.0 Å². The molecule has 0 saturated heterocycles. The Labute approximate surface area is 218 Å². The van der Waals surface area contributed by atoms with E-state index >= 15 is 0 Å². The zero-order valence-electron chi connectivity index (χ0n) is 21.8. The SMILES string of the molecule is CCN(CC)c1ccc(CNc2sc3c(c2C(=O)Nc2ccc(OC)cc2OC)CCCCC3)cc1. The Hall–Kier alpha value is -3.19. The van der Waals surface area contributed by atoms with E-state index in [2.05, 4.69) is 53.6 Å². The lowest BCUT2D eigenvalue weighted by Gasteiger charge is -2.21. The van der Waals surface area contributed by atoms with Crippen LogP contribution >= 0.6 is 11.3 Å². The van der Waals surface area contributed by atoms with Crippen LogP contribution in [0.1, 0.15) is 59.5 Å². The van der Waals surface area contributed by atoms with Crippen LogP contribution in [0.2, 0.25) is 0 Å². The molecule has 2 aromatic carbocycles. The topological polar surface area (TPSA) is 62.8 Å². The number of aryl methyl sites for hydroxylation is 1. The summed E-state index contributed by atoms with van der Waals surface area (Å²) in [6.07, 6.45) is 5.46. The number of thiophene rings is 1. The van der Waals surface area contributed by atoms with E-state index in [1.165, 1.54) is 34.5 Å². The third kappa shape index (κ3) is 5.78. The molecule has 0 atom stereocenters. The minimum Gasteiger partial charge on any atom is -0.497 e. The summed E-state index contributed by atoms with van der Waals surface area (Å²) in [5.41, 5.74) is 5.03. The van der Waals surface area contributed by atoms with E-state index < -0.39 is 0 Å². The van der Waals surface area contributed by atoms with Gasteiger partial charge in [-0.1, -0.05) is 18.6 Å². The highest BCUT2D eigenvalue weighted by molar-refractivity contribution is 7.16. The number of benzene rings is 2. The molecule has 0 saturated carbocycles. The molecule has 0 spiro atoms. The van der Waals surface area contributed by atoms with Crippen LogP contribution in [-0.4, -0.2) is 33.2 Å². The maximum atomic E-state index is 13.7. The standard InChI is InChI=1S/C29H37N3O3S/c1-5-32(6-2)21-14-12-20(13-15-21)19-30-29-27(23-10-8-7-9-11-26(23)36-29)28(33)31-24-17-16-22(34-3)18-25(24)35-4/h12-18,30H,5-11,19H2,1-4H3,(H,31,33). The molecule has 1 amide bonds. The number of amides is 1. The van der Waals surface area contributed by atoms with Crippen molar-refractivity contribution < 1.29 is 14.3 Å². The molecule has 3 aromatic rings. The lowest BCUT2D eigenvalue weighted by atomic mass is 10.0. The van der Waals surface area contributed by atoms with Gasteiger partial charge in [0.1, 0.15) is 16.5 Å². The number of carbonyl (C=O) groups excluding carboxylic acids is 1. The Morgan fingerprint density at radius 1 is 0.972 bits per heavy atom. The maximum absolute atomic E-state index is 13.7. The van der Waals surface area contributed by atoms with Crippen molar-refractivity contribution in [2.45, 2.75) is 52.5 Å². The van der Waals surface area contributed by atoms with Gasteiger partial charge in [-0.05, 0) is 74.9 Å². The molecule has 1 heterocycles. The molecule has 2 N–H and O–H groups in total. The first kappa shape index (κ1) is 25.9. The quantitative estimate of drug-likeness (QED) is 0.297. The van der Waals surface area contributed by atoms with Crippen LogP contribution in [0.3, 0.4) is 0 Å². The number of nitrogens with one attached hydrogen (secondary N) is 2. The Kier molecular flexibility index (Phi) is 8.75. The van der Waals surface area contributed by atoms with Crippen molar-refractivity contribution in [3.8, 4) is 11.5 Å². The molecule has 36 heavy (non-hydrogen) atoms. The Bertz CT molecular complexity index is 1170. The maximum Gasteiger partial charge on any atom is 0.259 e. The van der Waals surface area contributed by atoms with Gasteiger partial charge in [-0.15, -0.1) is 11.3 Å². The molecular formula is C29H37N3O3S. The third-order valence-electron chi connectivity index (χ3n) is 6.82. The summed E-state index contributed by atoms with van der Waals surface area (Å²) >= 11 is 1.73. The lowest BCUT2D eigenvalue weighted by molar-refractivity contribution is 0.102. The second-order valence-electron chi connectivity index (χ2n) is 8.98. The normalized spacial score (nSPS) is 12.9. The smallest absolute Gasteiger partial charge is 0.259 e. The first-order chi connectivity index (χ1) is 17.6. The van der Waals surface area contributed by atoms with E-state index in [4.69, 9.17) is 9.47 Å². The van der Waals surface area contributed by atoms with E-state index in [1.807, 2.05) is 12.1 Å². The van der Waals surface area contributed by atoms with Gasteiger partial charge in [0.25, 0.3) is 5.91 Å². The summed E-state index contributed by atoms with van der Waals surface area (Å²) in [5, 5.41) is 7.63. The fourth-order valence-corrected chi connectivity index (χ4v) is 6.07. The number of carbonyl (C=O) groups is 1. The molecule has 7 heteroatoms. The van der Waals surface area contributed by atoms with Gasteiger partial charge in [0, 0.05) is 36.3 Å². The molecule has 1 aliphatic rings. The number of anilines is 3. The van der Waals surface area contributed by atoms with Crippen molar-refractivity contribution in [1.29, 1.82) is 0 Å². The number of hydrogen-bond donors (Lipinski definition) is 2. The largest absolute Gasteiger partial charge is 0.497 e. The van der Waals surface area contributed by atoms with E-state index in [9.17, 15) is 4.79 Å². The van der Waals surface area contributed by atoms with Crippen LogP contribution < -0.4 is 25.0 Å². The zero-order valence-corrected chi connectivity index (χ0v) is 22.6. The van der Waals surface area contributed by atoms with Gasteiger partial charge in [-0.2, -0.15) is 0 Å². The van der Waals surface area contributed by atoms with Crippen LogP contribution in [0.4, 0.5) is 16.4 Å². The number of fused-ring (bicyclic) bond motifs is 1. The minimum atomic E-state index is -0.0998. The predicted octanol–water partition coefficient (Wildman–Crippen LogP) is 6.74. The average molecular weight is 508 g/mol. The lowest BCUT2D eigenvalue weighted by Crippen LogP contribution is -2.21. The van der Waals surface area contributed by atoms with Crippen molar-refractivity contribution >= 4 is 33.6 Å². The van der Waals surface area contributed by atoms with Crippen molar-refractivity contribution in [2.75, 3.05) is 42.8 Å². The summed E-state index contributed by atoms with van der Waals surface area (Å²) in [6, 6.07) is 14.1. The molecule has 6 nitrogen and oxygen atoms in total. The molecule has 0 unspecified atom stereocenters. The number of hydrogen-bond acceptors (Lipinski definition) is 6. The molecule has 0 radical (unpaired) electrons. The zero-order chi connectivity index (χ0) is 25.5. The summed E-state index contributed by atoms with van der Waals surface area (Å²) in [7, 11) is 3.21. The number of nitrogens with zero attached hydrogens (tertiary/aromatic N) is 1. The van der Waals surface area contributed by atoms with Crippen molar-refractivity contribution in [1.82, 2.24) is 0 Å². The van der Waals surface area contributed by atoms with Gasteiger partial charge in [0.05, 0.1) is 25.5 Å². The summed E-state index contributed by atoms with van der Waals surface area (Å²) in [6.45, 7) is 7.00. The Morgan fingerprint density at radius 3 is 2.42 bits per heavy atom. The second-order valence-corrected chi connectivity index (χ2v) is 10.1. The second kappa shape index (κ2) is 12.2. The first-order valence-electron chi connectivity index (χ1n) is 12.8.